The van der Waals surface area contributed by atoms with Crippen molar-refractivity contribution >= 4 is 11.6 Å². The molecule has 0 aliphatic carbocycles. The lowest BCUT2D eigenvalue weighted by Gasteiger charge is -2.11. The highest BCUT2D eigenvalue weighted by molar-refractivity contribution is 5.90. The van der Waals surface area contributed by atoms with Crippen LogP contribution in [0.25, 0.3) is 11.3 Å². The van der Waals surface area contributed by atoms with Crippen molar-refractivity contribution in [3.63, 3.8) is 0 Å². The molecule has 5 nitrogen and oxygen atoms in total. The molecule has 0 spiro atoms. The number of hydrogen-bond acceptors (Lipinski definition) is 3. The van der Waals surface area contributed by atoms with Gasteiger partial charge in [0, 0.05) is 17.3 Å². The number of carbonyl (C=O) groups excluding carboxylic acids is 1. The Morgan fingerprint density at radius 3 is 2.43 bits per heavy atom. The lowest BCUT2D eigenvalue weighted by Crippen LogP contribution is -2.29. The summed E-state index contributed by atoms with van der Waals surface area (Å²) in [6.07, 6.45) is 3.35. The molecule has 28 heavy (non-hydrogen) atoms. The van der Waals surface area contributed by atoms with E-state index in [1.54, 1.807) is 6.92 Å². The van der Waals surface area contributed by atoms with E-state index in [2.05, 4.69) is 17.2 Å². The number of unbranched alkanes of at least 4 members (excludes halogenated alkanes) is 1. The van der Waals surface area contributed by atoms with Gasteiger partial charge in [-0.2, -0.15) is 0 Å². The number of rotatable bonds is 7. The molecule has 2 aromatic carbocycles. The van der Waals surface area contributed by atoms with Crippen LogP contribution >= 0.6 is 0 Å². The zero-order valence-electron chi connectivity index (χ0n) is 16.3. The molecule has 1 N–H and O–H groups in total. The molecule has 0 aliphatic heterocycles. The van der Waals surface area contributed by atoms with Gasteiger partial charge >= 0.3 is 0 Å². The first-order chi connectivity index (χ1) is 13.6. The van der Waals surface area contributed by atoms with Crippen LogP contribution in [0.4, 0.5) is 5.69 Å². The number of anilines is 1. The molecule has 1 amide bonds. The maximum atomic E-state index is 12.5. The van der Waals surface area contributed by atoms with Crippen molar-refractivity contribution in [2.75, 3.05) is 5.32 Å². The number of hydrogen-bond donors (Lipinski definition) is 1. The minimum absolute atomic E-state index is 0.0652. The molecule has 0 aliphatic rings. The summed E-state index contributed by atoms with van der Waals surface area (Å²) >= 11 is 0. The van der Waals surface area contributed by atoms with Crippen molar-refractivity contribution in [3.05, 3.63) is 82.4 Å². The third-order valence-corrected chi connectivity index (χ3v) is 4.63. The molecule has 0 saturated heterocycles. The molecule has 144 valence electrons. The average molecular weight is 375 g/mol. The molecule has 3 aromatic rings. The van der Waals surface area contributed by atoms with Crippen molar-refractivity contribution in [2.45, 2.75) is 39.7 Å². The van der Waals surface area contributed by atoms with E-state index in [1.165, 1.54) is 16.2 Å². The van der Waals surface area contributed by atoms with Crippen LogP contribution in [0, 0.1) is 6.92 Å². The summed E-state index contributed by atoms with van der Waals surface area (Å²) in [5.41, 5.74) is 3.23. The SMILES string of the molecule is CCCCc1ccc(NC(=O)Cn2c(C)nc(-c3ccccc3)cc2=O)cc1. The average Bonchev–Trinajstić information content (AvgIpc) is 2.70. The first-order valence-electron chi connectivity index (χ1n) is 9.59. The Bertz CT molecular complexity index is 993. The number of aryl methyl sites for hydroxylation is 2. The first-order valence-corrected chi connectivity index (χ1v) is 9.59. The molecule has 0 unspecified atom stereocenters. The van der Waals surface area contributed by atoms with Crippen LogP contribution in [0.15, 0.2) is 65.5 Å². The quantitative estimate of drug-likeness (QED) is 0.673. The van der Waals surface area contributed by atoms with Crippen molar-refractivity contribution < 1.29 is 4.79 Å². The molecular weight excluding hydrogens is 350 g/mol. The summed E-state index contributed by atoms with van der Waals surface area (Å²) in [7, 11) is 0. The minimum atomic E-state index is -0.249. The van der Waals surface area contributed by atoms with Gasteiger partial charge in [0.15, 0.2) is 0 Å². The maximum absolute atomic E-state index is 12.5. The van der Waals surface area contributed by atoms with E-state index in [0.29, 0.717) is 11.5 Å². The molecule has 3 rings (SSSR count). The predicted molar refractivity (Wildman–Crippen MR) is 112 cm³/mol. The van der Waals surface area contributed by atoms with Crippen molar-refractivity contribution in [3.8, 4) is 11.3 Å². The number of aromatic nitrogens is 2. The highest BCUT2D eigenvalue weighted by Crippen LogP contribution is 2.15. The molecule has 1 heterocycles. The standard InChI is InChI=1S/C23H25N3O2/c1-3-4-8-18-11-13-20(14-12-18)25-22(27)16-26-17(2)24-21(15-23(26)28)19-9-6-5-7-10-19/h5-7,9-15H,3-4,8,16H2,1-2H3,(H,25,27). The molecule has 0 atom stereocenters. The monoisotopic (exact) mass is 375 g/mol. The van der Waals surface area contributed by atoms with Gasteiger partial charge in [-0.05, 0) is 37.5 Å². The molecule has 0 bridgehead atoms. The summed E-state index contributed by atoms with van der Waals surface area (Å²) in [4.78, 5) is 29.4. The Morgan fingerprint density at radius 2 is 1.79 bits per heavy atom. The zero-order chi connectivity index (χ0) is 19.9. The smallest absolute Gasteiger partial charge is 0.254 e. The van der Waals surface area contributed by atoms with Crippen LogP contribution in [0.3, 0.4) is 0 Å². The van der Waals surface area contributed by atoms with Gasteiger partial charge in [-0.15, -0.1) is 0 Å². The fourth-order valence-corrected chi connectivity index (χ4v) is 3.05. The Balaban J connectivity index is 1.69. The number of carbonyl (C=O) groups is 1. The van der Waals surface area contributed by atoms with Crippen molar-refractivity contribution in [2.24, 2.45) is 0 Å². The topological polar surface area (TPSA) is 64.0 Å². The highest BCUT2D eigenvalue weighted by atomic mass is 16.2. The molecule has 0 fully saturated rings. The number of nitrogens with zero attached hydrogens (tertiary/aromatic N) is 2. The van der Waals surface area contributed by atoms with E-state index >= 15 is 0 Å². The van der Waals surface area contributed by atoms with E-state index < -0.39 is 0 Å². The summed E-state index contributed by atoms with van der Waals surface area (Å²) in [6.45, 7) is 3.84. The van der Waals surface area contributed by atoms with Crippen LogP contribution < -0.4 is 10.9 Å². The summed E-state index contributed by atoms with van der Waals surface area (Å²) in [5.74, 6) is 0.261. The van der Waals surface area contributed by atoms with Gasteiger partial charge in [-0.3, -0.25) is 14.2 Å². The minimum Gasteiger partial charge on any atom is -0.325 e. The molecule has 5 heteroatoms. The van der Waals surface area contributed by atoms with Gasteiger partial charge in [-0.25, -0.2) is 4.98 Å². The lowest BCUT2D eigenvalue weighted by molar-refractivity contribution is -0.116. The van der Waals surface area contributed by atoms with E-state index in [-0.39, 0.29) is 18.0 Å². The lowest BCUT2D eigenvalue weighted by atomic mass is 10.1. The molecular formula is C23H25N3O2. The van der Waals surface area contributed by atoms with Crippen molar-refractivity contribution in [1.29, 1.82) is 0 Å². The highest BCUT2D eigenvalue weighted by Gasteiger charge is 2.11. The van der Waals surface area contributed by atoms with Gasteiger partial charge < -0.3 is 5.32 Å². The van der Waals surface area contributed by atoms with Crippen LogP contribution in [0.2, 0.25) is 0 Å². The van der Waals surface area contributed by atoms with Crippen LogP contribution in [0.1, 0.15) is 31.2 Å². The fourth-order valence-electron chi connectivity index (χ4n) is 3.05. The maximum Gasteiger partial charge on any atom is 0.254 e. The van der Waals surface area contributed by atoms with Crippen LogP contribution in [0.5, 0.6) is 0 Å². The second-order valence-electron chi connectivity index (χ2n) is 6.83. The van der Waals surface area contributed by atoms with Crippen LogP contribution in [-0.4, -0.2) is 15.5 Å². The van der Waals surface area contributed by atoms with E-state index in [4.69, 9.17) is 0 Å². The summed E-state index contributed by atoms with van der Waals surface area (Å²) < 4.78 is 1.39. The number of benzene rings is 2. The third kappa shape index (κ3) is 4.94. The summed E-state index contributed by atoms with van der Waals surface area (Å²) in [5, 5.41) is 2.85. The van der Waals surface area contributed by atoms with Gasteiger partial charge in [0.2, 0.25) is 5.91 Å². The normalized spacial score (nSPS) is 10.6. The number of amides is 1. The van der Waals surface area contributed by atoms with Crippen LogP contribution in [-0.2, 0) is 17.8 Å². The molecule has 0 radical (unpaired) electrons. The number of nitrogens with one attached hydrogen (secondary N) is 1. The van der Waals surface area contributed by atoms with Gasteiger partial charge in [-0.1, -0.05) is 55.8 Å². The van der Waals surface area contributed by atoms with Gasteiger partial charge in [0.1, 0.15) is 12.4 Å². The Kier molecular flexibility index (Phi) is 6.37. The van der Waals surface area contributed by atoms with Gasteiger partial charge in [0.05, 0.1) is 5.69 Å². The van der Waals surface area contributed by atoms with Crippen molar-refractivity contribution in [1.82, 2.24) is 9.55 Å². The van der Waals surface area contributed by atoms with E-state index in [0.717, 1.165) is 30.5 Å². The van der Waals surface area contributed by atoms with E-state index in [1.807, 2.05) is 54.6 Å². The van der Waals surface area contributed by atoms with E-state index in [9.17, 15) is 9.59 Å². The fraction of sp³-hybridized carbons (Fsp3) is 0.261. The summed E-state index contributed by atoms with van der Waals surface area (Å²) in [6, 6.07) is 18.8. The predicted octanol–water partition coefficient (Wildman–Crippen LogP) is 4.20. The second-order valence-corrected chi connectivity index (χ2v) is 6.83. The Labute approximate surface area is 165 Å². The third-order valence-electron chi connectivity index (χ3n) is 4.63. The Hall–Kier alpha value is -3.21. The first kappa shape index (κ1) is 19.5. The Morgan fingerprint density at radius 1 is 1.07 bits per heavy atom. The molecule has 1 aromatic heterocycles. The molecule has 0 saturated carbocycles. The second kappa shape index (κ2) is 9.13. The largest absolute Gasteiger partial charge is 0.325 e. The zero-order valence-corrected chi connectivity index (χ0v) is 16.3. The van der Waals surface area contributed by atoms with Gasteiger partial charge in [0.25, 0.3) is 5.56 Å².